The lowest BCUT2D eigenvalue weighted by molar-refractivity contribution is -0.119. The molecule has 1 unspecified atom stereocenters. The third kappa shape index (κ3) is 7.50. The minimum atomic E-state index is -0.933. The van der Waals surface area contributed by atoms with Gasteiger partial charge in [-0.15, -0.1) is 23.1 Å². The molecule has 4 nitrogen and oxygen atoms in total. The van der Waals surface area contributed by atoms with E-state index in [1.54, 1.807) is 14.0 Å². The number of ether oxygens (including phenoxy) is 1. The molecule has 0 aliphatic carbocycles. The van der Waals surface area contributed by atoms with Crippen LogP contribution in [0.25, 0.3) is 0 Å². The molecule has 114 valence electrons. The molecule has 0 bridgehead atoms. The number of hydrogen-bond acceptors (Lipinski definition) is 5. The van der Waals surface area contributed by atoms with Crippen molar-refractivity contribution in [2.75, 3.05) is 26.0 Å². The summed E-state index contributed by atoms with van der Waals surface area (Å²) >= 11 is 8.89. The maximum absolute atomic E-state index is 11.7. The lowest BCUT2D eigenvalue weighted by Gasteiger charge is -2.23. The van der Waals surface area contributed by atoms with Gasteiger partial charge in [-0.2, -0.15) is 0 Å². The van der Waals surface area contributed by atoms with Gasteiger partial charge < -0.3 is 15.2 Å². The molecule has 20 heavy (non-hydrogen) atoms. The highest BCUT2D eigenvalue weighted by Gasteiger charge is 2.20. The Hall–Kier alpha value is -0.270. The predicted octanol–water partition coefficient (Wildman–Crippen LogP) is 2.54. The number of amides is 1. The molecule has 1 aromatic rings. The van der Waals surface area contributed by atoms with Crippen molar-refractivity contribution in [2.24, 2.45) is 0 Å². The van der Waals surface area contributed by atoms with Crippen LogP contribution in [0.5, 0.6) is 0 Å². The molecular weight excluding hydrogens is 318 g/mol. The van der Waals surface area contributed by atoms with Crippen molar-refractivity contribution >= 4 is 40.6 Å². The number of thioether (sulfide) groups is 1. The average Bonchev–Trinajstić information content (AvgIpc) is 2.80. The lowest BCUT2D eigenvalue weighted by atomic mass is 10.0. The van der Waals surface area contributed by atoms with E-state index >= 15 is 0 Å². The number of methoxy groups -OCH3 is 1. The minimum absolute atomic E-state index is 0.0738. The SMILES string of the molecule is COCCC(C)(O)CNC(=O)CSCc1ccc(Cl)s1. The van der Waals surface area contributed by atoms with Crippen LogP contribution in [0.15, 0.2) is 12.1 Å². The molecule has 1 rings (SSSR count). The second kappa shape index (κ2) is 8.89. The molecule has 0 radical (unpaired) electrons. The maximum atomic E-state index is 11.7. The van der Waals surface area contributed by atoms with Gasteiger partial charge in [0.05, 0.1) is 15.7 Å². The fourth-order valence-corrected chi connectivity index (χ4v) is 3.48. The summed E-state index contributed by atoms with van der Waals surface area (Å²) in [5, 5.41) is 12.7. The summed E-state index contributed by atoms with van der Waals surface area (Å²) in [6.07, 6.45) is 0.491. The summed E-state index contributed by atoms with van der Waals surface area (Å²) < 4.78 is 5.68. The quantitative estimate of drug-likeness (QED) is 0.727. The highest BCUT2D eigenvalue weighted by molar-refractivity contribution is 7.99. The zero-order valence-corrected chi connectivity index (χ0v) is 14.0. The summed E-state index contributed by atoms with van der Waals surface area (Å²) in [6, 6.07) is 3.82. The first kappa shape index (κ1) is 17.8. The van der Waals surface area contributed by atoms with Gasteiger partial charge in [-0.25, -0.2) is 0 Å². The van der Waals surface area contributed by atoms with Crippen LogP contribution in [-0.4, -0.2) is 42.6 Å². The Morgan fingerprint density at radius 1 is 1.60 bits per heavy atom. The summed E-state index contributed by atoms with van der Waals surface area (Å²) in [4.78, 5) is 12.8. The van der Waals surface area contributed by atoms with Crippen molar-refractivity contribution < 1.29 is 14.6 Å². The van der Waals surface area contributed by atoms with Crippen LogP contribution < -0.4 is 5.32 Å². The maximum Gasteiger partial charge on any atom is 0.230 e. The van der Waals surface area contributed by atoms with Crippen LogP contribution in [0.3, 0.4) is 0 Å². The number of thiophene rings is 1. The number of nitrogens with one attached hydrogen (secondary N) is 1. The molecule has 0 saturated heterocycles. The number of hydrogen-bond donors (Lipinski definition) is 2. The van der Waals surface area contributed by atoms with Crippen LogP contribution in [-0.2, 0) is 15.3 Å². The number of rotatable bonds is 9. The first-order valence-corrected chi connectivity index (χ1v) is 8.58. The molecule has 0 spiro atoms. The Bertz CT molecular complexity index is 424. The van der Waals surface area contributed by atoms with Crippen molar-refractivity contribution in [3.8, 4) is 0 Å². The second-order valence-corrected chi connectivity index (χ2v) is 7.50. The fourth-order valence-electron chi connectivity index (χ4n) is 1.42. The van der Waals surface area contributed by atoms with Crippen molar-refractivity contribution in [1.29, 1.82) is 0 Å². The van der Waals surface area contributed by atoms with Gasteiger partial charge in [0.25, 0.3) is 0 Å². The molecule has 1 heterocycles. The molecule has 1 atom stereocenters. The summed E-state index contributed by atoms with van der Waals surface area (Å²) in [7, 11) is 1.59. The van der Waals surface area contributed by atoms with Gasteiger partial charge in [0, 0.05) is 37.3 Å². The van der Waals surface area contributed by atoms with E-state index in [1.807, 2.05) is 12.1 Å². The fraction of sp³-hybridized carbons (Fsp3) is 0.615. The van der Waals surface area contributed by atoms with E-state index in [-0.39, 0.29) is 12.5 Å². The predicted molar refractivity (Wildman–Crippen MR) is 85.6 cm³/mol. The third-order valence-electron chi connectivity index (χ3n) is 2.62. The highest BCUT2D eigenvalue weighted by atomic mass is 35.5. The van der Waals surface area contributed by atoms with E-state index in [0.29, 0.717) is 18.8 Å². The van der Waals surface area contributed by atoms with E-state index in [9.17, 15) is 9.90 Å². The Morgan fingerprint density at radius 2 is 2.35 bits per heavy atom. The average molecular weight is 338 g/mol. The normalized spacial score (nSPS) is 14.0. The summed E-state index contributed by atoms with van der Waals surface area (Å²) in [6.45, 7) is 2.39. The second-order valence-electron chi connectivity index (χ2n) is 4.72. The Balaban J connectivity index is 2.17. The highest BCUT2D eigenvalue weighted by Crippen LogP contribution is 2.24. The molecule has 0 aliphatic heterocycles. The number of halogens is 1. The van der Waals surface area contributed by atoms with E-state index in [2.05, 4.69) is 5.32 Å². The van der Waals surface area contributed by atoms with Crippen LogP contribution in [0.2, 0.25) is 4.34 Å². The molecule has 0 aromatic carbocycles. The van der Waals surface area contributed by atoms with Gasteiger partial charge >= 0.3 is 0 Å². The molecule has 0 aliphatic rings. The largest absolute Gasteiger partial charge is 0.388 e. The van der Waals surface area contributed by atoms with E-state index < -0.39 is 5.60 Å². The van der Waals surface area contributed by atoms with Crippen molar-refractivity contribution in [3.63, 3.8) is 0 Å². The summed E-state index contributed by atoms with van der Waals surface area (Å²) in [5.74, 6) is 1.07. The van der Waals surface area contributed by atoms with Crippen LogP contribution in [0.1, 0.15) is 18.2 Å². The molecule has 0 saturated carbocycles. The van der Waals surface area contributed by atoms with Gasteiger partial charge in [-0.05, 0) is 19.1 Å². The first-order valence-electron chi connectivity index (χ1n) is 6.23. The topological polar surface area (TPSA) is 58.6 Å². The Labute approximate surface area is 132 Å². The number of carbonyl (C=O) groups excluding carboxylic acids is 1. The molecule has 1 amide bonds. The molecule has 1 aromatic heterocycles. The van der Waals surface area contributed by atoms with Crippen LogP contribution in [0, 0.1) is 0 Å². The van der Waals surface area contributed by atoms with Gasteiger partial charge in [-0.1, -0.05) is 11.6 Å². The standard InChI is InChI=1S/C13H20ClNO3S2/c1-13(17,5-6-18-2)9-15-12(16)8-19-7-10-3-4-11(14)20-10/h3-4,17H,5-9H2,1-2H3,(H,15,16). The first-order chi connectivity index (χ1) is 9.43. The van der Waals surface area contributed by atoms with Gasteiger partial charge in [0.2, 0.25) is 5.91 Å². The number of aliphatic hydroxyl groups is 1. The zero-order valence-electron chi connectivity index (χ0n) is 11.6. The molecule has 2 N–H and O–H groups in total. The molecule has 7 heteroatoms. The Kier molecular flexibility index (Phi) is 7.91. The summed E-state index contributed by atoms with van der Waals surface area (Å²) in [5.41, 5.74) is -0.933. The van der Waals surface area contributed by atoms with Gasteiger partial charge in [0.1, 0.15) is 0 Å². The Morgan fingerprint density at radius 3 is 2.95 bits per heavy atom. The van der Waals surface area contributed by atoms with E-state index in [1.165, 1.54) is 23.1 Å². The minimum Gasteiger partial charge on any atom is -0.388 e. The number of carbonyl (C=O) groups is 1. The monoisotopic (exact) mass is 337 g/mol. The van der Waals surface area contributed by atoms with Crippen LogP contribution >= 0.6 is 34.7 Å². The van der Waals surface area contributed by atoms with Crippen LogP contribution in [0.4, 0.5) is 0 Å². The lowest BCUT2D eigenvalue weighted by Crippen LogP contribution is -2.42. The van der Waals surface area contributed by atoms with Crippen molar-refractivity contribution in [1.82, 2.24) is 5.32 Å². The third-order valence-corrected chi connectivity index (χ3v) is 5.01. The molecule has 0 fully saturated rings. The van der Waals surface area contributed by atoms with Gasteiger partial charge in [0.15, 0.2) is 0 Å². The van der Waals surface area contributed by atoms with Gasteiger partial charge in [-0.3, -0.25) is 4.79 Å². The van der Waals surface area contributed by atoms with Crippen molar-refractivity contribution in [2.45, 2.75) is 24.7 Å². The van der Waals surface area contributed by atoms with E-state index in [4.69, 9.17) is 16.3 Å². The zero-order chi connectivity index (χ0) is 15.0. The van der Waals surface area contributed by atoms with E-state index in [0.717, 1.165) is 15.0 Å². The molecular formula is C13H20ClNO3S2. The van der Waals surface area contributed by atoms with Crippen molar-refractivity contribution in [3.05, 3.63) is 21.3 Å². The smallest absolute Gasteiger partial charge is 0.230 e.